The summed E-state index contributed by atoms with van der Waals surface area (Å²) in [7, 11) is -3.81. The van der Waals surface area contributed by atoms with Crippen molar-refractivity contribution in [3.63, 3.8) is 0 Å². The Morgan fingerprint density at radius 2 is 1.97 bits per heavy atom. The van der Waals surface area contributed by atoms with Gasteiger partial charge in [0.2, 0.25) is 15.7 Å². The van der Waals surface area contributed by atoms with E-state index in [9.17, 15) is 8.42 Å². The summed E-state index contributed by atoms with van der Waals surface area (Å²) in [6.07, 6.45) is 3.63. The van der Waals surface area contributed by atoms with Crippen molar-refractivity contribution >= 4 is 37.9 Å². The Bertz CT molecular complexity index is 1250. The molecule has 1 saturated heterocycles. The maximum Gasteiger partial charge on any atom is 0.217 e. The Kier molecular flexibility index (Phi) is 7.59. The molecule has 1 aromatic carbocycles. The fraction of sp³-hybridized carbons (Fsp3) is 0.409. The third-order valence-electron chi connectivity index (χ3n) is 5.28. The van der Waals surface area contributed by atoms with Crippen LogP contribution in [0, 0.1) is 12.7 Å². The predicted octanol–water partition coefficient (Wildman–Crippen LogP) is 3.86. The van der Waals surface area contributed by atoms with Crippen molar-refractivity contribution in [1.82, 2.24) is 19.9 Å². The summed E-state index contributed by atoms with van der Waals surface area (Å²) in [4.78, 5) is 14.8. The highest BCUT2D eigenvalue weighted by Gasteiger charge is 2.23. The molecule has 0 radical (unpaired) electrons. The van der Waals surface area contributed by atoms with Gasteiger partial charge in [-0.3, -0.25) is 0 Å². The first-order valence-electron chi connectivity index (χ1n) is 11.1. The van der Waals surface area contributed by atoms with Crippen LogP contribution in [0.1, 0.15) is 25.6 Å². The minimum Gasteiger partial charge on any atom is -0.494 e. The van der Waals surface area contributed by atoms with Gasteiger partial charge >= 0.3 is 0 Å². The van der Waals surface area contributed by atoms with Gasteiger partial charge in [0.25, 0.3) is 0 Å². The van der Waals surface area contributed by atoms with Crippen molar-refractivity contribution in [3.8, 4) is 5.75 Å². The van der Waals surface area contributed by atoms with E-state index in [1.165, 1.54) is 31.2 Å². The van der Waals surface area contributed by atoms with E-state index in [2.05, 4.69) is 30.5 Å². The average molecular weight is 507 g/mol. The molecule has 1 fully saturated rings. The molecular formula is C22H27FN6O3S2. The van der Waals surface area contributed by atoms with Gasteiger partial charge in [-0.2, -0.15) is 4.39 Å². The van der Waals surface area contributed by atoms with Crippen LogP contribution in [0.15, 0.2) is 39.6 Å². The van der Waals surface area contributed by atoms with Gasteiger partial charge in [-0.05, 0) is 58.0 Å². The number of sulfone groups is 1. The van der Waals surface area contributed by atoms with Gasteiger partial charge in [0, 0.05) is 13.1 Å². The van der Waals surface area contributed by atoms with Gasteiger partial charge < -0.3 is 20.3 Å². The number of thiazole rings is 1. The van der Waals surface area contributed by atoms with Gasteiger partial charge in [-0.25, -0.2) is 23.4 Å². The molecule has 0 aliphatic carbocycles. The van der Waals surface area contributed by atoms with Crippen molar-refractivity contribution in [2.45, 2.75) is 35.8 Å². The maximum atomic E-state index is 15.0. The molecule has 34 heavy (non-hydrogen) atoms. The van der Waals surface area contributed by atoms with Crippen LogP contribution in [0.4, 0.5) is 21.2 Å². The zero-order chi connectivity index (χ0) is 24.1. The number of aryl methyl sites for hydroxylation is 1. The average Bonchev–Trinajstić information content (AvgIpc) is 3.50. The van der Waals surface area contributed by atoms with Gasteiger partial charge in [0.15, 0.2) is 16.8 Å². The van der Waals surface area contributed by atoms with Gasteiger partial charge in [-0.15, -0.1) is 0 Å². The summed E-state index contributed by atoms with van der Waals surface area (Å²) in [6.45, 7) is 7.41. The van der Waals surface area contributed by atoms with E-state index in [1.807, 2.05) is 6.92 Å². The molecule has 2 N–H and O–H groups in total. The van der Waals surface area contributed by atoms with E-state index in [0.29, 0.717) is 24.7 Å². The van der Waals surface area contributed by atoms with E-state index in [0.717, 1.165) is 31.0 Å². The standard InChI is InChI=1S/C22H27FN6O3S2/c1-3-32-16-7-6-8-17(13-16)34(30,31)18-14-25-22(33-18)28-21-19(23)20(26-15(2)27-21)24-9-12-29-10-4-5-11-29/h6-8,13-14H,3-5,9-12H2,1-2H3,(H2,24,25,26,27,28). The number of likely N-dealkylation sites (tertiary alicyclic amines) is 1. The third-order valence-corrected chi connectivity index (χ3v) is 8.41. The largest absolute Gasteiger partial charge is 0.494 e. The molecule has 1 aliphatic rings. The molecule has 2 aromatic heterocycles. The van der Waals surface area contributed by atoms with Crippen molar-refractivity contribution in [2.24, 2.45) is 0 Å². The number of hydrogen-bond donors (Lipinski definition) is 2. The molecule has 182 valence electrons. The number of ether oxygens (including phenoxy) is 1. The van der Waals surface area contributed by atoms with Crippen molar-refractivity contribution in [1.29, 1.82) is 0 Å². The summed E-state index contributed by atoms with van der Waals surface area (Å²) in [5.74, 6) is 0.245. The summed E-state index contributed by atoms with van der Waals surface area (Å²) in [6, 6.07) is 6.28. The van der Waals surface area contributed by atoms with Gasteiger partial charge in [0.1, 0.15) is 15.8 Å². The summed E-state index contributed by atoms with van der Waals surface area (Å²) in [5, 5.41) is 6.05. The monoisotopic (exact) mass is 506 g/mol. The smallest absolute Gasteiger partial charge is 0.217 e. The lowest BCUT2D eigenvalue weighted by molar-refractivity contribution is 0.339. The normalized spacial score (nSPS) is 14.3. The number of benzene rings is 1. The molecule has 3 heterocycles. The molecule has 1 aliphatic heterocycles. The number of hydrogen-bond acceptors (Lipinski definition) is 10. The lowest BCUT2D eigenvalue weighted by atomic mass is 10.3. The minimum atomic E-state index is -3.81. The van der Waals surface area contributed by atoms with Crippen molar-refractivity contribution in [2.75, 3.05) is 43.4 Å². The van der Waals surface area contributed by atoms with Crippen LogP contribution < -0.4 is 15.4 Å². The van der Waals surface area contributed by atoms with E-state index in [-0.39, 0.29) is 25.9 Å². The Morgan fingerprint density at radius 1 is 1.21 bits per heavy atom. The first-order chi connectivity index (χ1) is 16.4. The number of nitrogens with one attached hydrogen (secondary N) is 2. The molecule has 3 aromatic rings. The van der Waals surface area contributed by atoms with Crippen LogP contribution in [0.5, 0.6) is 5.75 Å². The molecule has 0 saturated carbocycles. The number of anilines is 3. The zero-order valence-corrected chi connectivity index (χ0v) is 20.7. The van der Waals surface area contributed by atoms with E-state index in [4.69, 9.17) is 4.74 Å². The quantitative estimate of drug-likeness (QED) is 0.423. The fourth-order valence-corrected chi connectivity index (χ4v) is 6.12. The highest BCUT2D eigenvalue weighted by Crippen LogP contribution is 2.32. The molecular weight excluding hydrogens is 479 g/mol. The highest BCUT2D eigenvalue weighted by molar-refractivity contribution is 7.93. The first kappa shape index (κ1) is 24.3. The SMILES string of the molecule is CCOc1cccc(S(=O)(=O)c2cnc(Nc3nc(C)nc(NCCN4CCCC4)c3F)s2)c1. The molecule has 0 atom stereocenters. The molecule has 0 amide bonds. The fourth-order valence-electron chi connectivity index (χ4n) is 3.65. The van der Waals surface area contributed by atoms with Gasteiger partial charge in [-0.1, -0.05) is 17.4 Å². The van der Waals surface area contributed by atoms with Crippen LogP contribution in [0.3, 0.4) is 0 Å². The Balaban J connectivity index is 1.49. The topological polar surface area (TPSA) is 109 Å². The number of aromatic nitrogens is 3. The zero-order valence-electron chi connectivity index (χ0n) is 19.0. The predicted molar refractivity (Wildman–Crippen MR) is 129 cm³/mol. The number of halogens is 1. The number of nitrogens with zero attached hydrogens (tertiary/aromatic N) is 4. The molecule has 0 spiro atoms. The molecule has 0 bridgehead atoms. The van der Waals surface area contributed by atoms with E-state index < -0.39 is 15.7 Å². The second-order valence-electron chi connectivity index (χ2n) is 7.78. The van der Waals surface area contributed by atoms with E-state index in [1.54, 1.807) is 19.1 Å². The summed E-state index contributed by atoms with van der Waals surface area (Å²) < 4.78 is 46.5. The molecule has 9 nitrogen and oxygen atoms in total. The first-order valence-corrected chi connectivity index (χ1v) is 13.4. The highest BCUT2D eigenvalue weighted by atomic mass is 32.2. The Labute approximate surface area is 202 Å². The second-order valence-corrected chi connectivity index (χ2v) is 11.0. The van der Waals surface area contributed by atoms with Crippen LogP contribution in [-0.2, 0) is 9.84 Å². The van der Waals surface area contributed by atoms with Crippen molar-refractivity contribution < 1.29 is 17.5 Å². The maximum absolute atomic E-state index is 15.0. The third kappa shape index (κ3) is 5.62. The Morgan fingerprint density at radius 3 is 2.74 bits per heavy atom. The minimum absolute atomic E-state index is 0.0267. The van der Waals surface area contributed by atoms with Crippen molar-refractivity contribution in [3.05, 3.63) is 42.1 Å². The molecule has 0 unspecified atom stereocenters. The second kappa shape index (κ2) is 10.6. The summed E-state index contributed by atoms with van der Waals surface area (Å²) in [5.41, 5.74) is 0. The van der Waals surface area contributed by atoms with Crippen LogP contribution in [0.2, 0.25) is 0 Å². The van der Waals surface area contributed by atoms with Gasteiger partial charge in [0.05, 0.1) is 17.7 Å². The Hall–Kier alpha value is -2.83. The van der Waals surface area contributed by atoms with E-state index >= 15 is 4.39 Å². The lowest BCUT2D eigenvalue weighted by Gasteiger charge is -2.16. The number of rotatable bonds is 10. The van der Waals surface area contributed by atoms with Crippen LogP contribution in [-0.4, -0.2) is 61.1 Å². The van der Waals surface area contributed by atoms with Crippen LogP contribution in [0.25, 0.3) is 0 Å². The molecule has 4 rings (SSSR count). The summed E-state index contributed by atoms with van der Waals surface area (Å²) >= 11 is 0.899. The van der Waals surface area contributed by atoms with Crippen LogP contribution >= 0.6 is 11.3 Å². The molecule has 12 heteroatoms. The lowest BCUT2D eigenvalue weighted by Crippen LogP contribution is -2.26.